The molecular weight excluding hydrogens is 326 g/mol. The van der Waals surface area contributed by atoms with Crippen LogP contribution in [0.25, 0.3) is 0 Å². The van der Waals surface area contributed by atoms with Crippen molar-refractivity contribution >= 4 is 17.4 Å². The predicted octanol–water partition coefficient (Wildman–Crippen LogP) is 2.93. The molecule has 0 unspecified atom stereocenters. The van der Waals surface area contributed by atoms with Crippen LogP contribution in [0.1, 0.15) is 34.4 Å². The smallest absolute Gasteiger partial charge is 0.317 e. The van der Waals surface area contributed by atoms with Gasteiger partial charge in [0.1, 0.15) is 17.6 Å². The molecule has 0 bridgehead atoms. The molecule has 2 aromatic heterocycles. The van der Waals surface area contributed by atoms with Crippen molar-refractivity contribution in [2.75, 3.05) is 26.2 Å². The molecule has 7 heteroatoms. The highest BCUT2D eigenvalue weighted by Gasteiger charge is 2.27. The largest absolute Gasteiger partial charge is 0.464 e. The molecule has 1 fully saturated rings. The monoisotopic (exact) mass is 349 g/mol. The predicted molar refractivity (Wildman–Crippen MR) is 92.3 cm³/mol. The molecule has 1 N–H and O–H groups in total. The summed E-state index contributed by atoms with van der Waals surface area (Å²) in [6.45, 7) is 6.24. The molecule has 0 saturated carbocycles. The van der Waals surface area contributed by atoms with Gasteiger partial charge in [0.2, 0.25) is 0 Å². The third-order valence-electron chi connectivity index (χ3n) is 4.00. The van der Waals surface area contributed by atoms with E-state index in [1.807, 2.05) is 25.3 Å². The summed E-state index contributed by atoms with van der Waals surface area (Å²) in [6, 6.07) is 3.77. The second kappa shape index (κ2) is 7.81. The standard InChI is InChI=1S/C17H23N3O3S/c1-3-13-10-19-16(24-13)6-7-18-17(21)20-8-9-22-15(11-20)14-5-4-12(2)23-14/h4-5,10,15H,3,6-9,11H2,1-2H3,(H,18,21)/t15-/m1/s1. The Morgan fingerprint density at radius 3 is 3.08 bits per heavy atom. The molecule has 130 valence electrons. The summed E-state index contributed by atoms with van der Waals surface area (Å²) in [5.41, 5.74) is 0. The van der Waals surface area contributed by atoms with Gasteiger partial charge in [-0.2, -0.15) is 0 Å². The molecule has 0 aliphatic carbocycles. The van der Waals surface area contributed by atoms with Gasteiger partial charge < -0.3 is 19.4 Å². The number of carbonyl (C=O) groups is 1. The van der Waals surface area contributed by atoms with Gasteiger partial charge in [0.05, 0.1) is 18.2 Å². The lowest BCUT2D eigenvalue weighted by Gasteiger charge is -2.32. The molecule has 3 rings (SSSR count). The molecule has 1 aliphatic heterocycles. The van der Waals surface area contributed by atoms with Crippen LogP contribution in [-0.2, 0) is 17.6 Å². The van der Waals surface area contributed by atoms with Crippen molar-refractivity contribution in [2.24, 2.45) is 0 Å². The van der Waals surface area contributed by atoms with Gasteiger partial charge >= 0.3 is 6.03 Å². The van der Waals surface area contributed by atoms with Crippen molar-refractivity contribution in [3.8, 4) is 0 Å². The summed E-state index contributed by atoms with van der Waals surface area (Å²) >= 11 is 1.71. The van der Waals surface area contributed by atoms with Crippen molar-refractivity contribution in [3.05, 3.63) is 39.7 Å². The third kappa shape index (κ3) is 4.15. The zero-order chi connectivity index (χ0) is 16.9. The number of aromatic nitrogens is 1. The van der Waals surface area contributed by atoms with Crippen LogP contribution < -0.4 is 5.32 Å². The lowest BCUT2D eigenvalue weighted by atomic mass is 10.2. The van der Waals surface area contributed by atoms with Crippen LogP contribution in [0.3, 0.4) is 0 Å². The first-order chi connectivity index (χ1) is 11.7. The highest BCUT2D eigenvalue weighted by Crippen LogP contribution is 2.24. The Hall–Kier alpha value is -1.86. The number of carbonyl (C=O) groups excluding carboxylic acids is 1. The van der Waals surface area contributed by atoms with Crippen LogP contribution in [0, 0.1) is 6.92 Å². The Kier molecular flexibility index (Phi) is 5.52. The molecule has 3 heterocycles. The summed E-state index contributed by atoms with van der Waals surface area (Å²) in [5.74, 6) is 1.63. The van der Waals surface area contributed by atoms with Crippen LogP contribution in [0.4, 0.5) is 4.79 Å². The Morgan fingerprint density at radius 2 is 2.38 bits per heavy atom. The van der Waals surface area contributed by atoms with Crippen LogP contribution >= 0.6 is 11.3 Å². The van der Waals surface area contributed by atoms with Gasteiger partial charge in [-0.3, -0.25) is 0 Å². The fourth-order valence-corrected chi connectivity index (χ4v) is 3.51. The van der Waals surface area contributed by atoms with E-state index in [1.165, 1.54) is 4.88 Å². The zero-order valence-corrected chi connectivity index (χ0v) is 14.9. The molecule has 2 amide bonds. The fraction of sp³-hybridized carbons (Fsp3) is 0.529. The summed E-state index contributed by atoms with van der Waals surface area (Å²) in [6.07, 6.45) is 3.50. The van der Waals surface area contributed by atoms with Crippen molar-refractivity contribution in [2.45, 2.75) is 32.8 Å². The number of rotatable bonds is 5. The van der Waals surface area contributed by atoms with E-state index in [0.29, 0.717) is 26.2 Å². The van der Waals surface area contributed by atoms with Crippen LogP contribution in [0.5, 0.6) is 0 Å². The second-order valence-corrected chi connectivity index (χ2v) is 7.01. The molecule has 1 atom stereocenters. The first kappa shape index (κ1) is 17.0. The molecule has 0 spiro atoms. The molecule has 24 heavy (non-hydrogen) atoms. The minimum atomic E-state index is -0.190. The lowest BCUT2D eigenvalue weighted by molar-refractivity contribution is -0.0263. The van der Waals surface area contributed by atoms with E-state index < -0.39 is 0 Å². The van der Waals surface area contributed by atoms with Gasteiger partial charge in [-0.1, -0.05) is 6.92 Å². The Balaban J connectivity index is 1.47. The summed E-state index contributed by atoms with van der Waals surface area (Å²) in [4.78, 5) is 19.8. The normalized spacial score (nSPS) is 17.9. The minimum Gasteiger partial charge on any atom is -0.464 e. The average Bonchev–Trinajstić information content (AvgIpc) is 3.24. The van der Waals surface area contributed by atoms with E-state index in [1.54, 1.807) is 16.2 Å². The van der Waals surface area contributed by atoms with E-state index in [-0.39, 0.29) is 12.1 Å². The maximum absolute atomic E-state index is 12.3. The number of hydrogen-bond acceptors (Lipinski definition) is 5. The Morgan fingerprint density at radius 1 is 1.50 bits per heavy atom. The van der Waals surface area contributed by atoms with Gasteiger partial charge in [-0.25, -0.2) is 9.78 Å². The number of urea groups is 1. The lowest BCUT2D eigenvalue weighted by Crippen LogP contribution is -2.47. The van der Waals surface area contributed by atoms with Crippen molar-refractivity contribution in [1.82, 2.24) is 15.2 Å². The Labute approximate surface area is 145 Å². The number of aryl methyl sites for hydroxylation is 2. The van der Waals surface area contributed by atoms with E-state index in [4.69, 9.17) is 9.15 Å². The van der Waals surface area contributed by atoms with Gasteiger partial charge in [0.25, 0.3) is 0 Å². The number of ether oxygens (including phenoxy) is 1. The minimum absolute atomic E-state index is 0.0566. The van der Waals surface area contributed by atoms with E-state index in [9.17, 15) is 4.79 Å². The summed E-state index contributed by atoms with van der Waals surface area (Å²) < 4.78 is 11.3. The summed E-state index contributed by atoms with van der Waals surface area (Å²) in [5, 5.41) is 4.04. The van der Waals surface area contributed by atoms with Gasteiger partial charge in [0, 0.05) is 30.6 Å². The highest BCUT2D eigenvalue weighted by atomic mass is 32.1. The molecule has 1 saturated heterocycles. The summed E-state index contributed by atoms with van der Waals surface area (Å²) in [7, 11) is 0. The maximum Gasteiger partial charge on any atom is 0.317 e. The topological polar surface area (TPSA) is 67.6 Å². The first-order valence-corrected chi connectivity index (χ1v) is 9.11. The van der Waals surface area contributed by atoms with E-state index in [0.717, 1.165) is 29.4 Å². The maximum atomic E-state index is 12.3. The number of nitrogens with zero attached hydrogens (tertiary/aromatic N) is 2. The van der Waals surface area contributed by atoms with Crippen LogP contribution in [0.15, 0.2) is 22.7 Å². The van der Waals surface area contributed by atoms with Crippen LogP contribution in [-0.4, -0.2) is 42.2 Å². The average molecular weight is 349 g/mol. The van der Waals surface area contributed by atoms with E-state index in [2.05, 4.69) is 17.2 Å². The fourth-order valence-electron chi connectivity index (χ4n) is 2.65. The Bertz CT molecular complexity index is 682. The molecule has 1 aliphatic rings. The quantitative estimate of drug-likeness (QED) is 0.901. The first-order valence-electron chi connectivity index (χ1n) is 8.30. The van der Waals surface area contributed by atoms with Gasteiger partial charge in [-0.05, 0) is 25.5 Å². The molecule has 0 radical (unpaired) electrons. The second-order valence-electron chi connectivity index (χ2n) is 5.81. The number of nitrogens with one attached hydrogen (secondary N) is 1. The highest BCUT2D eigenvalue weighted by molar-refractivity contribution is 7.11. The van der Waals surface area contributed by atoms with Crippen molar-refractivity contribution in [3.63, 3.8) is 0 Å². The molecule has 0 aromatic carbocycles. The zero-order valence-electron chi connectivity index (χ0n) is 14.1. The molecule has 6 nitrogen and oxygen atoms in total. The number of morpholine rings is 1. The van der Waals surface area contributed by atoms with E-state index >= 15 is 0 Å². The number of hydrogen-bond donors (Lipinski definition) is 1. The van der Waals surface area contributed by atoms with Crippen molar-refractivity contribution in [1.29, 1.82) is 0 Å². The number of amides is 2. The SMILES string of the molecule is CCc1cnc(CCNC(=O)N2CCO[C@@H](c3ccc(C)o3)C2)s1. The van der Waals surface area contributed by atoms with Gasteiger partial charge in [0.15, 0.2) is 0 Å². The third-order valence-corrected chi connectivity index (χ3v) is 5.20. The number of furan rings is 1. The van der Waals surface area contributed by atoms with Crippen molar-refractivity contribution < 1.29 is 13.9 Å². The number of thiazole rings is 1. The van der Waals surface area contributed by atoms with Gasteiger partial charge in [-0.15, -0.1) is 11.3 Å². The van der Waals surface area contributed by atoms with Crippen LogP contribution in [0.2, 0.25) is 0 Å². The molecule has 2 aromatic rings. The molecular formula is C17H23N3O3S.